The number of hydrogen-bond donors (Lipinski definition) is 0. The minimum Gasteiger partial charge on any atom is -0.274 e. The molecule has 0 aliphatic carbocycles. The van der Waals surface area contributed by atoms with Gasteiger partial charge in [-0.1, -0.05) is 20.4 Å². The van der Waals surface area contributed by atoms with E-state index in [1.165, 1.54) is 7.11 Å². The molecule has 0 spiro atoms. The molecule has 0 unspecified atom stereocenters. The van der Waals surface area contributed by atoms with E-state index in [9.17, 15) is 4.79 Å². The molecule has 68 valence electrons. The van der Waals surface area contributed by atoms with Gasteiger partial charge in [-0.2, -0.15) is 0 Å². The normalized spacial score (nSPS) is 9.42. The van der Waals surface area contributed by atoms with Crippen LogP contribution in [0, 0.1) is 5.92 Å². The van der Waals surface area contributed by atoms with Crippen LogP contribution >= 0.6 is 0 Å². The van der Waals surface area contributed by atoms with Gasteiger partial charge >= 0.3 is 0 Å². The Morgan fingerprint density at radius 1 is 1.58 bits per heavy atom. The lowest BCUT2D eigenvalue weighted by Crippen LogP contribution is -2.28. The molecule has 3 heteroatoms. The summed E-state index contributed by atoms with van der Waals surface area (Å²) in [5.74, 6) is -0.0740. The molecular formula is C9H15NO2. The third-order valence-corrected chi connectivity index (χ3v) is 1.56. The summed E-state index contributed by atoms with van der Waals surface area (Å²) in [6.07, 6.45) is 0. The van der Waals surface area contributed by atoms with Crippen molar-refractivity contribution in [2.75, 3.05) is 14.2 Å². The first-order valence-electron chi connectivity index (χ1n) is 3.76. The fraction of sp³-hybridized carbons (Fsp3) is 0.556. The van der Waals surface area contributed by atoms with Crippen molar-refractivity contribution in [1.29, 1.82) is 0 Å². The van der Waals surface area contributed by atoms with E-state index < -0.39 is 0 Å². The van der Waals surface area contributed by atoms with Crippen LogP contribution in [0.2, 0.25) is 0 Å². The minimum atomic E-state index is -0.192. The van der Waals surface area contributed by atoms with Crippen molar-refractivity contribution in [3.05, 3.63) is 17.9 Å². The Bertz CT molecular complexity index is 215. The monoisotopic (exact) mass is 169 g/mol. The van der Waals surface area contributed by atoms with Gasteiger partial charge in [-0.05, 0) is 5.92 Å². The van der Waals surface area contributed by atoms with Crippen molar-refractivity contribution >= 4 is 5.91 Å². The topological polar surface area (TPSA) is 29.5 Å². The van der Waals surface area contributed by atoms with Gasteiger partial charge in [0.2, 0.25) is 0 Å². The van der Waals surface area contributed by atoms with Crippen molar-refractivity contribution < 1.29 is 9.63 Å². The molecule has 0 heterocycles. The first kappa shape index (κ1) is 11.0. The van der Waals surface area contributed by atoms with E-state index >= 15 is 0 Å². The highest BCUT2D eigenvalue weighted by Crippen LogP contribution is 2.10. The van der Waals surface area contributed by atoms with Crippen molar-refractivity contribution in [3.8, 4) is 0 Å². The van der Waals surface area contributed by atoms with Gasteiger partial charge in [-0.3, -0.25) is 9.63 Å². The molecule has 12 heavy (non-hydrogen) atoms. The van der Waals surface area contributed by atoms with Crippen LogP contribution in [-0.4, -0.2) is 25.1 Å². The first-order chi connectivity index (χ1) is 5.54. The maximum absolute atomic E-state index is 11.4. The maximum Gasteiger partial charge on any atom is 0.281 e. The highest BCUT2D eigenvalue weighted by Gasteiger charge is 2.16. The van der Waals surface area contributed by atoms with Gasteiger partial charge in [0.25, 0.3) is 5.91 Å². The van der Waals surface area contributed by atoms with E-state index in [1.54, 1.807) is 7.05 Å². The summed E-state index contributed by atoms with van der Waals surface area (Å²) in [5.41, 5.74) is 3.15. The lowest BCUT2D eigenvalue weighted by Gasteiger charge is -2.16. The molecule has 3 nitrogen and oxygen atoms in total. The third-order valence-electron chi connectivity index (χ3n) is 1.56. The smallest absolute Gasteiger partial charge is 0.274 e. The van der Waals surface area contributed by atoms with Crippen LogP contribution in [0.25, 0.3) is 0 Å². The Kier molecular flexibility index (Phi) is 4.34. The van der Waals surface area contributed by atoms with Crippen molar-refractivity contribution in [2.45, 2.75) is 13.8 Å². The largest absolute Gasteiger partial charge is 0.281 e. The van der Waals surface area contributed by atoms with E-state index in [-0.39, 0.29) is 11.8 Å². The number of carbonyl (C=O) groups is 1. The lowest BCUT2D eigenvalue weighted by molar-refractivity contribution is -0.164. The Hall–Kier alpha value is -1.05. The van der Waals surface area contributed by atoms with Crippen LogP contribution in [0.5, 0.6) is 0 Å². The van der Waals surface area contributed by atoms with Gasteiger partial charge < -0.3 is 0 Å². The number of nitrogens with zero attached hydrogens (tertiary/aromatic N) is 1. The molecule has 0 aromatic rings. The van der Waals surface area contributed by atoms with Crippen LogP contribution < -0.4 is 0 Å². The fourth-order valence-electron chi connectivity index (χ4n) is 0.779. The number of rotatable bonds is 3. The second-order valence-corrected chi connectivity index (χ2v) is 2.73. The molecule has 0 aliphatic rings. The highest BCUT2D eigenvalue weighted by molar-refractivity contribution is 5.92. The zero-order chi connectivity index (χ0) is 9.72. The summed E-state index contributed by atoms with van der Waals surface area (Å²) in [4.78, 5) is 16.1. The molecule has 0 saturated heterocycles. The molecule has 1 amide bonds. The van der Waals surface area contributed by atoms with Crippen molar-refractivity contribution in [3.63, 3.8) is 0 Å². The summed E-state index contributed by atoms with van der Waals surface area (Å²) >= 11 is 0. The van der Waals surface area contributed by atoms with Crippen molar-refractivity contribution in [1.82, 2.24) is 5.06 Å². The number of amides is 1. The minimum absolute atomic E-state index is 0.118. The van der Waals surface area contributed by atoms with Crippen LogP contribution in [0.1, 0.15) is 13.8 Å². The molecule has 0 N–H and O–H groups in total. The van der Waals surface area contributed by atoms with Crippen molar-refractivity contribution in [2.24, 2.45) is 5.92 Å². The molecule has 0 aromatic carbocycles. The van der Waals surface area contributed by atoms with Crippen LogP contribution in [0.15, 0.2) is 17.9 Å². The standard InChI is InChI=1S/C9H15NO2/c1-6-8(7(2)3)9(11)10(4)12-5/h7H,1H2,2-5H3. The first-order valence-corrected chi connectivity index (χ1v) is 3.76. The van der Waals surface area contributed by atoms with Gasteiger partial charge in [0.15, 0.2) is 0 Å². The summed E-state index contributed by atoms with van der Waals surface area (Å²) < 4.78 is 0. The molecule has 0 bridgehead atoms. The van der Waals surface area contributed by atoms with E-state index in [0.29, 0.717) is 5.57 Å². The Morgan fingerprint density at radius 3 is 2.33 bits per heavy atom. The van der Waals surface area contributed by atoms with E-state index in [4.69, 9.17) is 4.84 Å². The second kappa shape index (κ2) is 4.75. The number of hydroxylamine groups is 2. The van der Waals surface area contributed by atoms with Gasteiger partial charge in [0, 0.05) is 7.05 Å². The summed E-state index contributed by atoms with van der Waals surface area (Å²) in [6.45, 7) is 7.28. The van der Waals surface area contributed by atoms with Gasteiger partial charge in [0.1, 0.15) is 0 Å². The van der Waals surface area contributed by atoms with Crippen LogP contribution in [-0.2, 0) is 9.63 Å². The van der Waals surface area contributed by atoms with E-state index in [1.807, 2.05) is 13.8 Å². The predicted molar refractivity (Wildman–Crippen MR) is 47.3 cm³/mol. The van der Waals surface area contributed by atoms with Gasteiger partial charge in [0.05, 0.1) is 12.7 Å². The summed E-state index contributed by atoms with van der Waals surface area (Å²) in [6, 6.07) is 0. The average Bonchev–Trinajstić information content (AvgIpc) is 2.03. The Labute approximate surface area is 73.3 Å². The third kappa shape index (κ3) is 2.53. The maximum atomic E-state index is 11.4. The molecule has 0 fully saturated rings. The molecule has 0 aliphatic heterocycles. The van der Waals surface area contributed by atoms with E-state index in [0.717, 1.165) is 5.06 Å². The number of hydrogen-bond acceptors (Lipinski definition) is 2. The SMILES string of the molecule is C=C=C(C(=O)N(C)OC)C(C)C. The highest BCUT2D eigenvalue weighted by atomic mass is 16.7. The number of carbonyl (C=O) groups excluding carboxylic acids is 1. The quantitative estimate of drug-likeness (QED) is 0.363. The van der Waals surface area contributed by atoms with Gasteiger partial charge in [-0.15, -0.1) is 5.73 Å². The zero-order valence-corrected chi connectivity index (χ0v) is 8.05. The number of likely N-dealkylation sites (N-methyl/N-ethyl adjacent to an activating group) is 1. The predicted octanol–water partition coefficient (Wildman–Crippen LogP) is 1.37. The lowest BCUT2D eigenvalue weighted by atomic mass is 10.0. The van der Waals surface area contributed by atoms with E-state index in [2.05, 4.69) is 12.3 Å². The fourth-order valence-corrected chi connectivity index (χ4v) is 0.779. The van der Waals surface area contributed by atoms with Crippen LogP contribution in [0.3, 0.4) is 0 Å². The summed E-state index contributed by atoms with van der Waals surface area (Å²) in [5, 5.41) is 1.16. The molecule has 0 atom stereocenters. The molecule has 0 saturated carbocycles. The average molecular weight is 169 g/mol. The molecule has 0 radical (unpaired) electrons. The Balaban J connectivity index is 4.56. The molecular weight excluding hydrogens is 154 g/mol. The molecule has 0 aromatic heterocycles. The summed E-state index contributed by atoms with van der Waals surface area (Å²) in [7, 11) is 3.00. The van der Waals surface area contributed by atoms with Gasteiger partial charge in [-0.25, -0.2) is 5.06 Å². The second-order valence-electron chi connectivity index (χ2n) is 2.73. The zero-order valence-electron chi connectivity index (χ0n) is 8.05. The van der Waals surface area contributed by atoms with Crippen LogP contribution in [0.4, 0.5) is 0 Å². The molecule has 0 rings (SSSR count). The Morgan fingerprint density at radius 2 is 2.08 bits per heavy atom.